The summed E-state index contributed by atoms with van der Waals surface area (Å²) in [7, 11) is 3.43. The van der Waals surface area contributed by atoms with Gasteiger partial charge in [0.2, 0.25) is 0 Å². The quantitative estimate of drug-likeness (QED) is 0.656. The Morgan fingerprint density at radius 2 is 2.16 bits per heavy atom. The zero-order valence-electron chi connectivity index (χ0n) is 14.2. The molecule has 0 aliphatic carbocycles. The minimum atomic E-state index is -0.330. The number of nitrogens with zero attached hydrogens (tertiary/aromatic N) is 4. The van der Waals surface area contributed by atoms with Gasteiger partial charge in [0, 0.05) is 18.9 Å². The van der Waals surface area contributed by atoms with Crippen molar-refractivity contribution >= 4 is 11.7 Å². The molecule has 3 rings (SSSR count). The Morgan fingerprint density at radius 3 is 2.84 bits per heavy atom. The molecule has 3 N–H and O–H groups in total. The first-order valence-corrected chi connectivity index (χ1v) is 7.66. The Balaban J connectivity index is 1.63. The number of ether oxygens (including phenoxy) is 1. The Morgan fingerprint density at radius 1 is 1.32 bits per heavy atom. The third-order valence-electron chi connectivity index (χ3n) is 3.75. The summed E-state index contributed by atoms with van der Waals surface area (Å²) in [6.07, 6.45) is 1.68. The van der Waals surface area contributed by atoms with Crippen LogP contribution in [0.5, 0.6) is 5.75 Å². The molecular formula is C16H19N7O2. The number of nitrogens with one attached hydrogen (secondary N) is 3. The van der Waals surface area contributed by atoms with Crippen LogP contribution < -0.4 is 15.4 Å². The topological polar surface area (TPSA) is 110 Å². The van der Waals surface area contributed by atoms with Gasteiger partial charge in [0.05, 0.1) is 19.3 Å². The summed E-state index contributed by atoms with van der Waals surface area (Å²) in [5.41, 5.74) is 3.72. The van der Waals surface area contributed by atoms with E-state index in [2.05, 4.69) is 31.1 Å². The molecular weight excluding hydrogens is 322 g/mol. The molecule has 2 aromatic heterocycles. The van der Waals surface area contributed by atoms with Crippen LogP contribution in [0.2, 0.25) is 0 Å². The first-order valence-electron chi connectivity index (χ1n) is 7.66. The second-order valence-corrected chi connectivity index (χ2v) is 5.45. The van der Waals surface area contributed by atoms with Gasteiger partial charge in [-0.15, -0.1) is 0 Å². The lowest BCUT2D eigenvalue weighted by Crippen LogP contribution is -2.28. The molecule has 0 bridgehead atoms. The lowest BCUT2D eigenvalue weighted by molar-refractivity contribution is 0.251. The fourth-order valence-corrected chi connectivity index (χ4v) is 2.48. The monoisotopic (exact) mass is 341 g/mol. The smallest absolute Gasteiger partial charge is 0.319 e. The van der Waals surface area contributed by atoms with Crippen LogP contribution in [0.25, 0.3) is 11.4 Å². The molecule has 9 heteroatoms. The van der Waals surface area contributed by atoms with Gasteiger partial charge in [-0.05, 0) is 36.8 Å². The van der Waals surface area contributed by atoms with Crippen molar-refractivity contribution in [3.8, 4) is 17.1 Å². The Kier molecular flexibility index (Phi) is 4.64. The average Bonchev–Trinajstić information content (AvgIpc) is 3.21. The van der Waals surface area contributed by atoms with Crippen molar-refractivity contribution in [1.29, 1.82) is 0 Å². The van der Waals surface area contributed by atoms with Crippen molar-refractivity contribution in [3.05, 3.63) is 41.7 Å². The van der Waals surface area contributed by atoms with Gasteiger partial charge in [-0.25, -0.2) is 4.79 Å². The molecule has 25 heavy (non-hydrogen) atoms. The molecule has 0 saturated heterocycles. The van der Waals surface area contributed by atoms with Crippen LogP contribution in [0, 0.1) is 6.92 Å². The lowest BCUT2D eigenvalue weighted by atomic mass is 10.2. The highest BCUT2D eigenvalue weighted by Crippen LogP contribution is 2.21. The number of rotatable bonds is 5. The number of hydrogen-bond donors (Lipinski definition) is 3. The molecule has 0 unspecified atom stereocenters. The Hall–Kier alpha value is -3.36. The number of aryl methyl sites for hydroxylation is 2. The van der Waals surface area contributed by atoms with Crippen molar-refractivity contribution in [3.63, 3.8) is 0 Å². The van der Waals surface area contributed by atoms with E-state index in [9.17, 15) is 4.79 Å². The molecule has 3 aromatic rings. The molecule has 0 fully saturated rings. The van der Waals surface area contributed by atoms with Gasteiger partial charge in [-0.3, -0.25) is 4.68 Å². The summed E-state index contributed by atoms with van der Waals surface area (Å²) >= 11 is 0. The number of carbonyl (C=O) groups excluding carboxylic acids is 1. The number of anilines is 1. The zero-order valence-corrected chi connectivity index (χ0v) is 14.2. The standard InChI is InChI=1S/C16H19N7O2/c1-10-8-11(4-5-14(10)25-3)19-16(24)17-9-12-15(21-22-20-12)13-6-7-18-23(13)2/h4-8H,9H2,1-3H3,(H2,17,19,24)(H,20,21,22). The Labute approximate surface area is 144 Å². The molecule has 0 radical (unpaired) electrons. The molecule has 0 aliphatic heterocycles. The number of aromatic nitrogens is 5. The fraction of sp³-hybridized carbons (Fsp3) is 0.250. The molecule has 2 heterocycles. The van der Waals surface area contributed by atoms with E-state index in [1.165, 1.54) is 0 Å². The summed E-state index contributed by atoms with van der Waals surface area (Å²) in [6, 6.07) is 6.94. The van der Waals surface area contributed by atoms with Gasteiger partial charge in [0.25, 0.3) is 0 Å². The van der Waals surface area contributed by atoms with Crippen LogP contribution in [0.4, 0.5) is 10.5 Å². The number of urea groups is 1. The summed E-state index contributed by atoms with van der Waals surface area (Å²) in [4.78, 5) is 12.1. The zero-order chi connectivity index (χ0) is 17.8. The van der Waals surface area contributed by atoms with Gasteiger partial charge in [-0.2, -0.15) is 20.5 Å². The van der Waals surface area contributed by atoms with E-state index >= 15 is 0 Å². The second kappa shape index (κ2) is 7.04. The maximum atomic E-state index is 12.1. The molecule has 0 aliphatic rings. The van der Waals surface area contributed by atoms with Crippen LogP contribution in [0.15, 0.2) is 30.5 Å². The third kappa shape index (κ3) is 3.60. The predicted octanol–water partition coefficient (Wildman–Crippen LogP) is 1.84. The first kappa shape index (κ1) is 16.5. The van der Waals surface area contributed by atoms with Crippen molar-refractivity contribution in [1.82, 2.24) is 30.5 Å². The largest absolute Gasteiger partial charge is 0.496 e. The van der Waals surface area contributed by atoms with E-state index in [0.29, 0.717) is 17.1 Å². The molecule has 130 valence electrons. The van der Waals surface area contributed by atoms with Gasteiger partial charge in [-0.1, -0.05) is 0 Å². The number of aromatic amines is 1. The van der Waals surface area contributed by atoms with E-state index in [4.69, 9.17) is 4.74 Å². The maximum Gasteiger partial charge on any atom is 0.319 e. The molecule has 2 amide bonds. The number of carbonyl (C=O) groups is 1. The van der Waals surface area contributed by atoms with Crippen LogP contribution in [0.1, 0.15) is 11.3 Å². The van der Waals surface area contributed by atoms with Crippen molar-refractivity contribution in [2.45, 2.75) is 13.5 Å². The normalized spacial score (nSPS) is 10.5. The second-order valence-electron chi connectivity index (χ2n) is 5.45. The van der Waals surface area contributed by atoms with Crippen LogP contribution in [-0.4, -0.2) is 38.3 Å². The molecule has 0 atom stereocenters. The SMILES string of the molecule is COc1ccc(NC(=O)NCc2n[nH]nc2-c2ccnn2C)cc1C. The lowest BCUT2D eigenvalue weighted by Gasteiger charge is -2.10. The Bertz CT molecular complexity index is 884. The molecule has 0 spiro atoms. The van der Waals surface area contributed by atoms with Crippen molar-refractivity contribution in [2.75, 3.05) is 12.4 Å². The number of amides is 2. The molecule has 1 aromatic carbocycles. The van der Waals surface area contributed by atoms with Gasteiger partial charge in [0.15, 0.2) is 0 Å². The summed E-state index contributed by atoms with van der Waals surface area (Å²) in [5, 5.41) is 20.5. The minimum Gasteiger partial charge on any atom is -0.496 e. The molecule has 9 nitrogen and oxygen atoms in total. The molecule has 0 saturated carbocycles. The first-order chi connectivity index (χ1) is 12.1. The summed E-state index contributed by atoms with van der Waals surface area (Å²) < 4.78 is 6.90. The summed E-state index contributed by atoms with van der Waals surface area (Å²) in [5.74, 6) is 0.773. The van der Waals surface area contributed by atoms with Crippen LogP contribution >= 0.6 is 0 Å². The van der Waals surface area contributed by atoms with Crippen molar-refractivity contribution in [2.24, 2.45) is 7.05 Å². The highest BCUT2D eigenvalue weighted by atomic mass is 16.5. The van der Waals surface area contributed by atoms with E-state index < -0.39 is 0 Å². The van der Waals surface area contributed by atoms with Crippen LogP contribution in [-0.2, 0) is 13.6 Å². The van der Waals surface area contributed by atoms with E-state index in [0.717, 1.165) is 17.0 Å². The van der Waals surface area contributed by atoms with Gasteiger partial charge in [0.1, 0.15) is 17.1 Å². The van der Waals surface area contributed by atoms with E-state index in [1.54, 1.807) is 24.1 Å². The highest BCUT2D eigenvalue weighted by molar-refractivity contribution is 5.89. The summed E-state index contributed by atoms with van der Waals surface area (Å²) in [6.45, 7) is 2.15. The van der Waals surface area contributed by atoms with Gasteiger partial charge < -0.3 is 15.4 Å². The highest BCUT2D eigenvalue weighted by Gasteiger charge is 2.14. The van der Waals surface area contributed by atoms with Crippen LogP contribution in [0.3, 0.4) is 0 Å². The fourth-order valence-electron chi connectivity index (χ4n) is 2.48. The number of hydrogen-bond acceptors (Lipinski definition) is 5. The predicted molar refractivity (Wildman–Crippen MR) is 92.2 cm³/mol. The van der Waals surface area contributed by atoms with Crippen molar-refractivity contribution < 1.29 is 9.53 Å². The van der Waals surface area contributed by atoms with E-state index in [-0.39, 0.29) is 12.6 Å². The number of H-pyrrole nitrogens is 1. The average molecular weight is 341 g/mol. The third-order valence-corrected chi connectivity index (χ3v) is 3.75. The number of methoxy groups -OCH3 is 1. The minimum absolute atomic E-state index is 0.234. The van der Waals surface area contributed by atoms with E-state index in [1.807, 2.05) is 32.2 Å². The van der Waals surface area contributed by atoms with Gasteiger partial charge >= 0.3 is 6.03 Å². The maximum absolute atomic E-state index is 12.1. The number of benzene rings is 1.